The lowest BCUT2D eigenvalue weighted by Crippen LogP contribution is -2.50. The molecule has 1 unspecified atom stereocenters. The number of amides is 1. The lowest BCUT2D eigenvalue weighted by molar-refractivity contribution is -0.194. The van der Waals surface area contributed by atoms with Crippen molar-refractivity contribution < 1.29 is 22.2 Å². The molecule has 0 bridgehead atoms. The summed E-state index contributed by atoms with van der Waals surface area (Å²) in [6.45, 7) is 1.73. The van der Waals surface area contributed by atoms with Gasteiger partial charge >= 0.3 is 6.18 Å². The molecule has 0 spiro atoms. The second-order valence-electron chi connectivity index (χ2n) is 8.03. The maximum Gasteiger partial charge on any atom is 0.416 e. The van der Waals surface area contributed by atoms with E-state index in [9.17, 15) is 22.2 Å². The van der Waals surface area contributed by atoms with E-state index < -0.39 is 22.5 Å². The van der Waals surface area contributed by atoms with Gasteiger partial charge in [0.2, 0.25) is 0 Å². The summed E-state index contributed by atoms with van der Waals surface area (Å²) >= 11 is 11.9. The summed E-state index contributed by atoms with van der Waals surface area (Å²) < 4.78 is 53.9. The summed E-state index contributed by atoms with van der Waals surface area (Å²) in [7, 11) is -0.877. The highest BCUT2D eigenvalue weighted by Crippen LogP contribution is 2.49. The van der Waals surface area contributed by atoms with E-state index in [4.69, 9.17) is 23.2 Å². The van der Waals surface area contributed by atoms with E-state index in [0.717, 1.165) is 0 Å². The van der Waals surface area contributed by atoms with E-state index in [1.807, 2.05) is 0 Å². The van der Waals surface area contributed by atoms with Gasteiger partial charge in [-0.15, -0.1) is 0 Å². The molecule has 0 radical (unpaired) electrons. The van der Waals surface area contributed by atoms with Crippen LogP contribution >= 0.6 is 23.2 Å². The van der Waals surface area contributed by atoms with Crippen molar-refractivity contribution in [3.63, 3.8) is 0 Å². The number of hydrogen-bond donors (Lipinski definition) is 2. The van der Waals surface area contributed by atoms with Crippen molar-refractivity contribution in [2.75, 3.05) is 11.5 Å². The molecule has 2 aliphatic heterocycles. The van der Waals surface area contributed by atoms with E-state index in [2.05, 4.69) is 10.6 Å². The standard InChI is InChI=1S/C22H19Cl2F3N2O2S/c1-12-4-13(2-3-19(12)20(30)29-18-10-32(31)11-18)14-8-21(28-9-14,22(25,26)27)15-5-16(23)7-17(24)6-15/h2-7,9,18,28H,8,10-11H2,1H3,(H,29,30). The Labute approximate surface area is 195 Å². The first kappa shape index (κ1) is 23.1. The van der Waals surface area contributed by atoms with Crippen LogP contribution in [-0.2, 0) is 16.3 Å². The van der Waals surface area contributed by atoms with Crippen LogP contribution in [0.1, 0.15) is 33.5 Å². The third-order valence-electron chi connectivity index (χ3n) is 5.74. The average molecular weight is 503 g/mol. The van der Waals surface area contributed by atoms with Crippen LogP contribution < -0.4 is 10.6 Å². The summed E-state index contributed by atoms with van der Waals surface area (Å²) in [4.78, 5) is 12.5. The Balaban J connectivity index is 1.59. The van der Waals surface area contributed by atoms with Crippen LogP contribution in [0.5, 0.6) is 0 Å². The Morgan fingerprint density at radius 3 is 2.38 bits per heavy atom. The Morgan fingerprint density at radius 2 is 1.81 bits per heavy atom. The Hall–Kier alpha value is -2.03. The topological polar surface area (TPSA) is 58.2 Å². The largest absolute Gasteiger partial charge is 0.416 e. The summed E-state index contributed by atoms with van der Waals surface area (Å²) in [5.41, 5.74) is -0.336. The van der Waals surface area contributed by atoms with Gasteiger partial charge in [0.15, 0.2) is 5.54 Å². The van der Waals surface area contributed by atoms with E-state index in [0.29, 0.717) is 33.8 Å². The number of halogens is 5. The molecule has 1 saturated heterocycles. The van der Waals surface area contributed by atoms with Gasteiger partial charge in [0, 0.05) is 50.5 Å². The summed E-state index contributed by atoms with van der Waals surface area (Å²) in [5.74, 6) is 0.593. The maximum absolute atomic E-state index is 14.2. The van der Waals surface area contributed by atoms with Crippen LogP contribution in [0, 0.1) is 6.92 Å². The van der Waals surface area contributed by atoms with E-state index in [-0.39, 0.29) is 34.0 Å². The van der Waals surface area contributed by atoms with Crippen LogP contribution in [0.3, 0.4) is 0 Å². The van der Waals surface area contributed by atoms with Gasteiger partial charge in [-0.05, 0) is 53.5 Å². The van der Waals surface area contributed by atoms with Crippen LogP contribution in [-0.4, -0.2) is 33.8 Å². The predicted molar refractivity (Wildman–Crippen MR) is 120 cm³/mol. The van der Waals surface area contributed by atoms with Crippen molar-refractivity contribution in [2.45, 2.75) is 31.1 Å². The average Bonchev–Trinajstić information content (AvgIpc) is 3.12. The van der Waals surface area contributed by atoms with E-state index >= 15 is 0 Å². The first-order valence-corrected chi connectivity index (χ1v) is 12.0. The van der Waals surface area contributed by atoms with Gasteiger partial charge in [0.1, 0.15) is 0 Å². The second-order valence-corrected chi connectivity index (χ2v) is 10.4. The smallest absolute Gasteiger partial charge is 0.373 e. The number of carbonyl (C=O) groups is 1. The molecular formula is C22H19Cl2F3N2O2S. The van der Waals surface area contributed by atoms with Crippen LogP contribution in [0.15, 0.2) is 42.6 Å². The molecule has 1 fully saturated rings. The Bertz CT molecular complexity index is 1120. The lowest BCUT2D eigenvalue weighted by Gasteiger charge is -2.33. The fourth-order valence-corrected chi connectivity index (χ4v) is 5.47. The molecule has 4 rings (SSSR count). The minimum atomic E-state index is -4.61. The molecule has 2 aromatic rings. The first-order valence-electron chi connectivity index (χ1n) is 9.75. The molecule has 2 heterocycles. The fourth-order valence-electron chi connectivity index (χ4n) is 3.98. The monoisotopic (exact) mass is 502 g/mol. The summed E-state index contributed by atoms with van der Waals surface area (Å²) in [5, 5.41) is 5.58. The van der Waals surface area contributed by atoms with Crippen molar-refractivity contribution in [2.24, 2.45) is 0 Å². The number of alkyl halides is 3. The second kappa shape index (κ2) is 8.39. The number of benzene rings is 2. The molecule has 2 aromatic carbocycles. The van der Waals surface area contributed by atoms with Crippen LogP contribution in [0.2, 0.25) is 10.0 Å². The minimum absolute atomic E-state index is 0.0700. The number of aryl methyl sites for hydroxylation is 1. The molecule has 4 nitrogen and oxygen atoms in total. The minimum Gasteiger partial charge on any atom is -0.373 e. The molecular weight excluding hydrogens is 484 g/mol. The van der Waals surface area contributed by atoms with E-state index in [1.165, 1.54) is 24.4 Å². The number of hydrogen-bond acceptors (Lipinski definition) is 3. The molecule has 2 aliphatic rings. The van der Waals surface area contributed by atoms with Gasteiger partial charge in [0.25, 0.3) is 5.91 Å². The van der Waals surface area contributed by atoms with Crippen molar-refractivity contribution >= 4 is 45.5 Å². The highest BCUT2D eigenvalue weighted by atomic mass is 35.5. The number of nitrogens with one attached hydrogen (secondary N) is 2. The van der Waals surface area contributed by atoms with Gasteiger partial charge in [-0.1, -0.05) is 35.3 Å². The van der Waals surface area contributed by atoms with Crippen LogP contribution in [0.4, 0.5) is 13.2 Å². The molecule has 32 heavy (non-hydrogen) atoms. The van der Waals surface area contributed by atoms with Crippen LogP contribution in [0.25, 0.3) is 5.57 Å². The highest BCUT2D eigenvalue weighted by Gasteiger charge is 2.58. The van der Waals surface area contributed by atoms with Crippen molar-refractivity contribution in [1.82, 2.24) is 10.6 Å². The molecule has 10 heteroatoms. The molecule has 2 N–H and O–H groups in total. The molecule has 1 atom stereocenters. The summed E-state index contributed by atoms with van der Waals surface area (Å²) in [6.07, 6.45) is -3.62. The fraction of sp³-hybridized carbons (Fsp3) is 0.318. The SMILES string of the molecule is Cc1cc(C2=CNC(c3cc(Cl)cc(Cl)c3)(C(F)(F)F)C2)ccc1C(=O)NC1CS(=O)C1. The molecule has 0 aliphatic carbocycles. The zero-order valence-electron chi connectivity index (χ0n) is 16.9. The van der Waals surface area contributed by atoms with Gasteiger partial charge in [-0.2, -0.15) is 13.2 Å². The van der Waals surface area contributed by atoms with Gasteiger partial charge in [0.05, 0.1) is 6.04 Å². The number of carbonyl (C=O) groups excluding carboxylic acids is 1. The molecule has 0 aromatic heterocycles. The summed E-state index contributed by atoms with van der Waals surface area (Å²) in [6, 6.07) is 8.72. The first-order chi connectivity index (χ1) is 15.0. The van der Waals surface area contributed by atoms with Gasteiger partial charge < -0.3 is 10.6 Å². The quantitative estimate of drug-likeness (QED) is 0.621. The van der Waals surface area contributed by atoms with Crippen molar-refractivity contribution in [3.8, 4) is 0 Å². The molecule has 170 valence electrons. The molecule has 0 saturated carbocycles. The normalized spacial score (nSPS) is 25.0. The lowest BCUT2D eigenvalue weighted by atomic mass is 9.84. The number of rotatable bonds is 4. The maximum atomic E-state index is 14.2. The van der Waals surface area contributed by atoms with Gasteiger partial charge in [-0.25, -0.2) is 0 Å². The third-order valence-corrected chi connectivity index (χ3v) is 7.72. The Kier molecular flexibility index (Phi) is 6.07. The van der Waals surface area contributed by atoms with Gasteiger partial charge in [-0.3, -0.25) is 9.00 Å². The Morgan fingerprint density at radius 1 is 1.16 bits per heavy atom. The predicted octanol–water partition coefficient (Wildman–Crippen LogP) is 4.95. The zero-order valence-corrected chi connectivity index (χ0v) is 19.2. The third kappa shape index (κ3) is 4.28. The van der Waals surface area contributed by atoms with Crippen molar-refractivity contribution in [1.29, 1.82) is 0 Å². The van der Waals surface area contributed by atoms with E-state index in [1.54, 1.807) is 25.1 Å². The van der Waals surface area contributed by atoms with Crippen molar-refractivity contribution in [3.05, 3.63) is 74.9 Å². The zero-order chi connectivity index (χ0) is 23.3. The highest BCUT2D eigenvalue weighted by molar-refractivity contribution is 7.86. The molecule has 1 amide bonds.